The molecule has 0 saturated heterocycles. The number of aromatic hydroxyl groups is 1. The van der Waals surface area contributed by atoms with E-state index in [2.05, 4.69) is 15.3 Å². The molecule has 3 rings (SSSR count). The number of hydrogen-bond acceptors (Lipinski definition) is 6. The Morgan fingerprint density at radius 2 is 1.88 bits per heavy atom. The Hall–Kier alpha value is -2.84. The van der Waals surface area contributed by atoms with Crippen molar-refractivity contribution < 1.29 is 14.6 Å². The van der Waals surface area contributed by atoms with Crippen LogP contribution in [0.2, 0.25) is 5.02 Å². The number of halogens is 1. The molecule has 9 heteroatoms. The van der Waals surface area contributed by atoms with E-state index in [1.165, 1.54) is 18.9 Å². The fourth-order valence-corrected chi connectivity index (χ4v) is 2.73. The maximum absolute atomic E-state index is 9.99. The summed E-state index contributed by atoms with van der Waals surface area (Å²) in [7, 11) is 2.91. The summed E-state index contributed by atoms with van der Waals surface area (Å²) in [6.07, 6.45) is 1.55. The standard InChI is InChI=1S/C17H15ClN4O3S/c1-24-13-7-10(8-14(25-2)15(13)23)9-19-22-16(20-21-17(22)26)11-5-3-4-6-12(11)18/h3-9,23H,1-2H3,(H,21,26)/b19-9+. The number of aromatic nitrogens is 3. The number of aromatic amines is 1. The van der Waals surface area contributed by atoms with Gasteiger partial charge in [-0.1, -0.05) is 23.7 Å². The van der Waals surface area contributed by atoms with Gasteiger partial charge >= 0.3 is 0 Å². The van der Waals surface area contributed by atoms with Crippen LogP contribution < -0.4 is 9.47 Å². The van der Waals surface area contributed by atoms with Crippen molar-refractivity contribution in [3.63, 3.8) is 0 Å². The van der Waals surface area contributed by atoms with Crippen molar-refractivity contribution in [2.75, 3.05) is 14.2 Å². The quantitative estimate of drug-likeness (QED) is 0.510. The molecule has 0 unspecified atom stereocenters. The topological polar surface area (TPSA) is 84.7 Å². The van der Waals surface area contributed by atoms with E-state index in [9.17, 15) is 5.11 Å². The summed E-state index contributed by atoms with van der Waals surface area (Å²) in [5.74, 6) is 0.944. The summed E-state index contributed by atoms with van der Waals surface area (Å²) >= 11 is 11.5. The summed E-state index contributed by atoms with van der Waals surface area (Å²) in [6.45, 7) is 0. The molecule has 3 aromatic rings. The summed E-state index contributed by atoms with van der Waals surface area (Å²) in [5, 5.41) is 21.8. The number of rotatable bonds is 5. The van der Waals surface area contributed by atoms with Gasteiger partial charge < -0.3 is 14.6 Å². The third kappa shape index (κ3) is 3.42. The second-order valence-corrected chi connectivity index (χ2v) is 5.96. The van der Waals surface area contributed by atoms with Crippen LogP contribution >= 0.6 is 23.8 Å². The largest absolute Gasteiger partial charge is 0.502 e. The highest BCUT2D eigenvalue weighted by Crippen LogP contribution is 2.36. The lowest BCUT2D eigenvalue weighted by Gasteiger charge is -2.09. The number of ether oxygens (including phenoxy) is 2. The minimum Gasteiger partial charge on any atom is -0.502 e. The Morgan fingerprint density at radius 3 is 2.50 bits per heavy atom. The smallest absolute Gasteiger partial charge is 0.216 e. The van der Waals surface area contributed by atoms with Crippen molar-refractivity contribution in [2.24, 2.45) is 5.10 Å². The lowest BCUT2D eigenvalue weighted by molar-refractivity contribution is 0.340. The van der Waals surface area contributed by atoms with Crippen molar-refractivity contribution in [1.82, 2.24) is 14.9 Å². The Bertz CT molecular complexity index is 1000. The van der Waals surface area contributed by atoms with Crippen molar-refractivity contribution in [2.45, 2.75) is 0 Å². The van der Waals surface area contributed by atoms with E-state index < -0.39 is 0 Å². The molecule has 0 aliphatic carbocycles. The zero-order valence-corrected chi connectivity index (χ0v) is 15.5. The minimum atomic E-state index is -0.0798. The molecule has 0 radical (unpaired) electrons. The molecule has 0 fully saturated rings. The van der Waals surface area contributed by atoms with Gasteiger partial charge in [-0.05, 0) is 36.5 Å². The second-order valence-electron chi connectivity index (χ2n) is 5.16. The fourth-order valence-electron chi connectivity index (χ4n) is 2.33. The van der Waals surface area contributed by atoms with E-state index in [1.807, 2.05) is 18.2 Å². The van der Waals surface area contributed by atoms with Gasteiger partial charge in [0.25, 0.3) is 0 Å². The molecule has 0 bridgehead atoms. The fraction of sp³-hybridized carbons (Fsp3) is 0.118. The van der Waals surface area contributed by atoms with Gasteiger partial charge in [0.2, 0.25) is 10.5 Å². The first kappa shape index (κ1) is 18.0. The molecule has 0 amide bonds. The van der Waals surface area contributed by atoms with Gasteiger partial charge in [0.05, 0.1) is 25.5 Å². The third-order valence-corrected chi connectivity index (χ3v) is 4.18. The van der Waals surface area contributed by atoms with Crippen molar-refractivity contribution in [1.29, 1.82) is 0 Å². The number of hydrogen-bond donors (Lipinski definition) is 2. The number of nitrogens with one attached hydrogen (secondary N) is 1. The number of phenolic OH excluding ortho intramolecular Hbond substituents is 1. The molecule has 7 nitrogen and oxygen atoms in total. The zero-order chi connectivity index (χ0) is 18.7. The first-order valence-electron chi connectivity index (χ1n) is 7.46. The highest BCUT2D eigenvalue weighted by atomic mass is 35.5. The van der Waals surface area contributed by atoms with Gasteiger partial charge in [0.15, 0.2) is 17.3 Å². The summed E-state index contributed by atoms with van der Waals surface area (Å²) < 4.78 is 12.1. The predicted octanol–water partition coefficient (Wildman–Crippen LogP) is 3.87. The first-order chi connectivity index (χ1) is 12.5. The number of benzene rings is 2. The Kier molecular flexibility index (Phi) is 5.24. The monoisotopic (exact) mass is 390 g/mol. The van der Waals surface area contributed by atoms with E-state index in [0.717, 1.165) is 0 Å². The van der Waals surface area contributed by atoms with Crippen LogP contribution in [0.25, 0.3) is 11.4 Å². The number of methoxy groups -OCH3 is 2. The molecular formula is C17H15ClN4O3S. The van der Waals surface area contributed by atoms with Crippen molar-refractivity contribution in [3.05, 3.63) is 51.8 Å². The van der Waals surface area contributed by atoms with E-state index in [4.69, 9.17) is 33.3 Å². The molecule has 134 valence electrons. The zero-order valence-electron chi connectivity index (χ0n) is 13.9. The van der Waals surface area contributed by atoms with Crippen LogP contribution in [0, 0.1) is 4.77 Å². The highest BCUT2D eigenvalue weighted by Gasteiger charge is 2.13. The normalized spacial score (nSPS) is 11.0. The molecule has 1 aromatic heterocycles. The molecule has 26 heavy (non-hydrogen) atoms. The molecule has 0 aliphatic heterocycles. The number of phenols is 1. The molecule has 2 N–H and O–H groups in total. The SMILES string of the molecule is COc1cc(/C=N/n2c(-c3ccccc3Cl)n[nH]c2=S)cc(OC)c1O. The molecule has 0 spiro atoms. The lowest BCUT2D eigenvalue weighted by atomic mass is 10.2. The van der Waals surface area contributed by atoms with E-state index in [1.54, 1.807) is 24.4 Å². The molecule has 1 heterocycles. The molecule has 0 saturated carbocycles. The third-order valence-electron chi connectivity index (χ3n) is 3.59. The van der Waals surface area contributed by atoms with Crippen LogP contribution in [0.1, 0.15) is 5.56 Å². The maximum atomic E-state index is 9.99. The summed E-state index contributed by atoms with van der Waals surface area (Å²) in [6, 6.07) is 10.5. The van der Waals surface area contributed by atoms with Gasteiger partial charge in [0.1, 0.15) is 0 Å². The van der Waals surface area contributed by atoms with Crippen molar-refractivity contribution in [3.8, 4) is 28.6 Å². The average Bonchev–Trinajstić information content (AvgIpc) is 3.01. The Labute approximate surface area is 159 Å². The number of H-pyrrole nitrogens is 1. The summed E-state index contributed by atoms with van der Waals surface area (Å²) in [4.78, 5) is 0. The van der Waals surface area contributed by atoms with E-state index >= 15 is 0 Å². The molecular weight excluding hydrogens is 376 g/mol. The van der Waals surface area contributed by atoms with E-state index in [0.29, 0.717) is 26.7 Å². The lowest BCUT2D eigenvalue weighted by Crippen LogP contribution is -1.97. The van der Waals surface area contributed by atoms with Gasteiger partial charge in [0, 0.05) is 11.1 Å². The van der Waals surface area contributed by atoms with Crippen LogP contribution in [0.3, 0.4) is 0 Å². The van der Waals surface area contributed by atoms with Gasteiger partial charge in [-0.15, -0.1) is 0 Å². The molecule has 2 aromatic carbocycles. The Morgan fingerprint density at radius 1 is 1.23 bits per heavy atom. The highest BCUT2D eigenvalue weighted by molar-refractivity contribution is 7.71. The molecule has 0 aliphatic rings. The van der Waals surface area contributed by atoms with Gasteiger partial charge in [-0.25, -0.2) is 5.10 Å². The Balaban J connectivity index is 2.04. The maximum Gasteiger partial charge on any atom is 0.216 e. The first-order valence-corrected chi connectivity index (χ1v) is 8.25. The van der Waals surface area contributed by atoms with Gasteiger partial charge in [-0.3, -0.25) is 0 Å². The van der Waals surface area contributed by atoms with E-state index in [-0.39, 0.29) is 17.2 Å². The van der Waals surface area contributed by atoms with Crippen LogP contribution in [-0.4, -0.2) is 40.4 Å². The average molecular weight is 391 g/mol. The predicted molar refractivity (Wildman–Crippen MR) is 102 cm³/mol. The minimum absolute atomic E-state index is 0.0798. The van der Waals surface area contributed by atoms with Crippen LogP contribution in [0.15, 0.2) is 41.5 Å². The van der Waals surface area contributed by atoms with Crippen LogP contribution in [0.5, 0.6) is 17.2 Å². The van der Waals surface area contributed by atoms with Gasteiger partial charge in [-0.2, -0.15) is 14.9 Å². The second kappa shape index (κ2) is 7.59. The van der Waals surface area contributed by atoms with Crippen LogP contribution in [0.4, 0.5) is 0 Å². The van der Waals surface area contributed by atoms with Crippen molar-refractivity contribution >= 4 is 30.0 Å². The summed E-state index contributed by atoms with van der Waals surface area (Å²) in [5.41, 5.74) is 1.34. The number of nitrogens with zero attached hydrogens (tertiary/aromatic N) is 3. The van der Waals surface area contributed by atoms with Crippen LogP contribution in [-0.2, 0) is 0 Å². The molecule has 0 atom stereocenters.